The van der Waals surface area contributed by atoms with Crippen LogP contribution in [0.3, 0.4) is 0 Å². The monoisotopic (exact) mass is 254 g/mol. The maximum Gasteiger partial charge on any atom is 0.267 e. The topological polar surface area (TPSA) is 94.0 Å². The molecule has 5 N–H and O–H groups in total. The minimum atomic E-state index is -0.558. The van der Waals surface area contributed by atoms with Gasteiger partial charge in [0.1, 0.15) is 11.5 Å². The fourth-order valence-electron chi connectivity index (χ4n) is 1.12. The van der Waals surface area contributed by atoms with E-state index in [0.717, 1.165) is 0 Å². The van der Waals surface area contributed by atoms with E-state index in [1.165, 1.54) is 6.07 Å². The van der Waals surface area contributed by atoms with Crippen molar-refractivity contribution in [2.45, 2.75) is 18.6 Å². The summed E-state index contributed by atoms with van der Waals surface area (Å²) in [7, 11) is 0. The number of aromatic nitrogens is 1. The average Bonchev–Trinajstić information content (AvgIpc) is 2.27. The lowest BCUT2D eigenvalue weighted by Gasteiger charge is -2.23. The van der Waals surface area contributed by atoms with Gasteiger partial charge in [-0.3, -0.25) is 4.79 Å². The number of anilines is 2. The van der Waals surface area contributed by atoms with Crippen LogP contribution in [0.4, 0.5) is 11.5 Å². The molecular formula is C11H18N4OS. The quantitative estimate of drug-likeness (QED) is 0.736. The van der Waals surface area contributed by atoms with Crippen molar-refractivity contribution in [3.05, 3.63) is 17.8 Å². The van der Waals surface area contributed by atoms with Crippen molar-refractivity contribution in [1.82, 2.24) is 4.98 Å². The number of nitrogens with zero attached hydrogens (tertiary/aromatic N) is 1. The van der Waals surface area contributed by atoms with Crippen molar-refractivity contribution in [2.24, 2.45) is 5.73 Å². The van der Waals surface area contributed by atoms with Crippen LogP contribution in [-0.4, -0.2) is 28.4 Å². The van der Waals surface area contributed by atoms with E-state index in [9.17, 15) is 4.79 Å². The second kappa shape index (κ2) is 5.27. The Morgan fingerprint density at radius 1 is 1.53 bits per heavy atom. The van der Waals surface area contributed by atoms with Gasteiger partial charge in [0.2, 0.25) is 0 Å². The molecule has 0 radical (unpaired) electrons. The number of hydrogen-bond acceptors (Lipinski definition) is 5. The summed E-state index contributed by atoms with van der Waals surface area (Å²) in [4.78, 5) is 15.1. The lowest BCUT2D eigenvalue weighted by atomic mass is 10.2. The predicted octanol–water partition coefficient (Wildman–Crippen LogP) is 1.32. The van der Waals surface area contributed by atoms with Gasteiger partial charge in [0.05, 0.1) is 5.69 Å². The predicted molar refractivity (Wildman–Crippen MR) is 73.3 cm³/mol. The third kappa shape index (κ3) is 3.81. The molecule has 0 atom stereocenters. The van der Waals surface area contributed by atoms with E-state index in [1.54, 1.807) is 17.8 Å². The molecule has 17 heavy (non-hydrogen) atoms. The fourth-order valence-corrected chi connectivity index (χ4v) is 1.33. The Morgan fingerprint density at radius 3 is 2.71 bits per heavy atom. The molecule has 0 fully saturated rings. The summed E-state index contributed by atoms with van der Waals surface area (Å²) >= 11 is 1.74. The summed E-state index contributed by atoms with van der Waals surface area (Å²) in [6.07, 6.45) is 2.04. The molecule has 1 aromatic rings. The maximum atomic E-state index is 11.0. The molecule has 0 bridgehead atoms. The van der Waals surface area contributed by atoms with Gasteiger partial charge >= 0.3 is 0 Å². The van der Waals surface area contributed by atoms with Crippen molar-refractivity contribution in [1.29, 1.82) is 0 Å². The standard InChI is InChI=1S/C11H18N4OS/c1-11(2,17-3)6-14-10-7(12)4-5-8(15-10)9(13)16/h4-5H,6,12H2,1-3H3,(H2,13,16)(H,14,15). The van der Waals surface area contributed by atoms with E-state index < -0.39 is 5.91 Å². The summed E-state index contributed by atoms with van der Waals surface area (Å²) in [6.45, 7) is 4.92. The van der Waals surface area contributed by atoms with Gasteiger partial charge in [0, 0.05) is 11.3 Å². The van der Waals surface area contributed by atoms with E-state index in [0.29, 0.717) is 18.1 Å². The van der Waals surface area contributed by atoms with Gasteiger partial charge in [-0.25, -0.2) is 4.98 Å². The number of hydrogen-bond donors (Lipinski definition) is 3. The number of rotatable bonds is 5. The summed E-state index contributed by atoms with van der Waals surface area (Å²) in [6, 6.07) is 3.14. The van der Waals surface area contributed by atoms with Crippen molar-refractivity contribution < 1.29 is 4.79 Å². The number of nitrogen functional groups attached to an aromatic ring is 1. The lowest BCUT2D eigenvalue weighted by molar-refractivity contribution is 0.0996. The summed E-state index contributed by atoms with van der Waals surface area (Å²) in [5, 5.41) is 3.13. The van der Waals surface area contributed by atoms with Crippen molar-refractivity contribution in [3.63, 3.8) is 0 Å². The Bertz CT molecular complexity index is 420. The Hall–Kier alpha value is -1.43. The van der Waals surface area contributed by atoms with E-state index >= 15 is 0 Å². The number of primary amides is 1. The molecule has 1 amide bonds. The van der Waals surface area contributed by atoms with Crippen molar-refractivity contribution >= 4 is 29.2 Å². The number of nitrogens with one attached hydrogen (secondary N) is 1. The first-order chi connectivity index (χ1) is 7.85. The Kier molecular flexibility index (Phi) is 4.22. The number of carbonyl (C=O) groups is 1. The number of carbonyl (C=O) groups excluding carboxylic acids is 1. The van der Waals surface area contributed by atoms with E-state index in [4.69, 9.17) is 11.5 Å². The first-order valence-corrected chi connectivity index (χ1v) is 6.43. The minimum absolute atomic E-state index is 0.0663. The molecule has 0 aromatic carbocycles. The first kappa shape index (κ1) is 13.6. The third-order valence-corrected chi connectivity index (χ3v) is 3.66. The van der Waals surface area contributed by atoms with Crippen LogP contribution < -0.4 is 16.8 Å². The molecule has 0 aliphatic rings. The van der Waals surface area contributed by atoms with Gasteiger partial charge in [-0.1, -0.05) is 0 Å². The van der Waals surface area contributed by atoms with Crippen LogP contribution in [0.1, 0.15) is 24.3 Å². The van der Waals surface area contributed by atoms with Crippen LogP contribution in [0, 0.1) is 0 Å². The zero-order valence-corrected chi connectivity index (χ0v) is 11.1. The van der Waals surface area contributed by atoms with Gasteiger partial charge in [0.25, 0.3) is 5.91 Å². The Morgan fingerprint density at radius 2 is 2.18 bits per heavy atom. The Labute approximate surface area is 105 Å². The van der Waals surface area contributed by atoms with Crippen molar-refractivity contribution in [2.75, 3.05) is 23.9 Å². The normalized spacial score (nSPS) is 11.2. The number of amides is 1. The van der Waals surface area contributed by atoms with Gasteiger partial charge in [0.15, 0.2) is 0 Å². The molecule has 5 nitrogen and oxygen atoms in total. The smallest absolute Gasteiger partial charge is 0.267 e. The molecule has 1 rings (SSSR count). The van der Waals surface area contributed by atoms with Gasteiger partial charge in [-0.2, -0.15) is 11.8 Å². The largest absolute Gasteiger partial charge is 0.396 e. The third-order valence-electron chi connectivity index (χ3n) is 2.41. The zero-order chi connectivity index (χ0) is 13.1. The van der Waals surface area contributed by atoms with Crippen LogP contribution in [-0.2, 0) is 0 Å². The van der Waals surface area contributed by atoms with Crippen LogP contribution in [0.25, 0.3) is 0 Å². The molecule has 0 saturated heterocycles. The second-order valence-corrected chi connectivity index (χ2v) is 5.83. The van der Waals surface area contributed by atoms with Crippen LogP contribution in [0.15, 0.2) is 12.1 Å². The highest BCUT2D eigenvalue weighted by Gasteiger charge is 2.16. The molecule has 0 aliphatic heterocycles. The maximum absolute atomic E-state index is 11.0. The molecular weight excluding hydrogens is 236 g/mol. The molecule has 1 heterocycles. The van der Waals surface area contributed by atoms with Gasteiger partial charge < -0.3 is 16.8 Å². The van der Waals surface area contributed by atoms with E-state index in [1.807, 2.05) is 6.26 Å². The molecule has 0 saturated carbocycles. The van der Waals surface area contributed by atoms with E-state index in [-0.39, 0.29) is 10.4 Å². The van der Waals surface area contributed by atoms with Gasteiger partial charge in [-0.05, 0) is 32.2 Å². The summed E-state index contributed by atoms with van der Waals surface area (Å²) in [5.41, 5.74) is 11.7. The minimum Gasteiger partial charge on any atom is -0.396 e. The number of pyridine rings is 1. The Balaban J connectivity index is 2.83. The average molecular weight is 254 g/mol. The van der Waals surface area contributed by atoms with Crippen LogP contribution in [0.2, 0.25) is 0 Å². The fraction of sp³-hybridized carbons (Fsp3) is 0.455. The summed E-state index contributed by atoms with van der Waals surface area (Å²) in [5.74, 6) is -0.0550. The van der Waals surface area contributed by atoms with Crippen LogP contribution >= 0.6 is 11.8 Å². The highest BCUT2D eigenvalue weighted by Crippen LogP contribution is 2.23. The highest BCUT2D eigenvalue weighted by atomic mass is 32.2. The van der Waals surface area contributed by atoms with Gasteiger partial charge in [-0.15, -0.1) is 0 Å². The second-order valence-electron chi connectivity index (χ2n) is 4.32. The number of nitrogens with two attached hydrogens (primary N) is 2. The first-order valence-electron chi connectivity index (χ1n) is 5.21. The molecule has 94 valence electrons. The molecule has 0 unspecified atom stereocenters. The number of thioether (sulfide) groups is 1. The molecule has 1 aromatic heterocycles. The highest BCUT2D eigenvalue weighted by molar-refractivity contribution is 7.99. The molecule has 0 spiro atoms. The lowest BCUT2D eigenvalue weighted by Crippen LogP contribution is -2.27. The summed E-state index contributed by atoms with van der Waals surface area (Å²) < 4.78 is 0.0663. The zero-order valence-electron chi connectivity index (χ0n) is 10.3. The van der Waals surface area contributed by atoms with E-state index in [2.05, 4.69) is 24.1 Å². The SMILES string of the molecule is CSC(C)(C)CNc1nc(C(N)=O)ccc1N. The van der Waals surface area contributed by atoms with Crippen molar-refractivity contribution in [3.8, 4) is 0 Å². The molecule has 0 aliphatic carbocycles. The van der Waals surface area contributed by atoms with Crippen LogP contribution in [0.5, 0.6) is 0 Å². The molecule has 6 heteroatoms.